The van der Waals surface area contributed by atoms with Crippen LogP contribution in [0.15, 0.2) is 30.3 Å². The summed E-state index contributed by atoms with van der Waals surface area (Å²) in [5, 5.41) is 18.6. The smallest absolute Gasteiger partial charge is 0.307 e. The lowest BCUT2D eigenvalue weighted by atomic mass is 10.0. The van der Waals surface area contributed by atoms with Crippen LogP contribution in [0.4, 0.5) is 0 Å². The van der Waals surface area contributed by atoms with Gasteiger partial charge >= 0.3 is 5.97 Å². The van der Waals surface area contributed by atoms with Gasteiger partial charge in [0, 0.05) is 19.1 Å². The van der Waals surface area contributed by atoms with Crippen LogP contribution in [-0.2, 0) is 4.79 Å². The Bertz CT molecular complexity index is 392. The van der Waals surface area contributed by atoms with Crippen molar-refractivity contribution in [1.29, 1.82) is 0 Å². The van der Waals surface area contributed by atoms with E-state index >= 15 is 0 Å². The minimum atomic E-state index is -0.809. The second kappa shape index (κ2) is 7.26. The van der Waals surface area contributed by atoms with Crippen molar-refractivity contribution in [2.45, 2.75) is 32.9 Å². The number of hydrogen-bond acceptors (Lipinski definition) is 3. The molecule has 0 spiro atoms. The van der Waals surface area contributed by atoms with Crippen molar-refractivity contribution < 1.29 is 15.0 Å². The van der Waals surface area contributed by atoms with E-state index in [1.165, 1.54) is 0 Å². The number of aliphatic hydroxyl groups is 1. The summed E-state index contributed by atoms with van der Waals surface area (Å²) >= 11 is 0. The van der Waals surface area contributed by atoms with Gasteiger partial charge in [-0.05, 0) is 19.4 Å². The zero-order valence-electron chi connectivity index (χ0n) is 11.8. The topological polar surface area (TPSA) is 60.8 Å². The summed E-state index contributed by atoms with van der Waals surface area (Å²) in [6.07, 6.45) is -0.479. The Morgan fingerprint density at radius 1 is 1.16 bits per heavy atom. The van der Waals surface area contributed by atoms with Crippen LogP contribution in [0.25, 0.3) is 0 Å². The maximum atomic E-state index is 11.0. The van der Waals surface area contributed by atoms with Gasteiger partial charge in [0.25, 0.3) is 0 Å². The summed E-state index contributed by atoms with van der Waals surface area (Å²) in [6, 6.07) is 10.0. The number of carboxylic acids is 1. The first-order valence-corrected chi connectivity index (χ1v) is 6.61. The second-order valence-corrected chi connectivity index (χ2v) is 5.13. The molecule has 0 aliphatic heterocycles. The first kappa shape index (κ1) is 15.7. The fourth-order valence-corrected chi connectivity index (χ4v) is 2.10. The van der Waals surface area contributed by atoms with E-state index in [0.717, 1.165) is 5.56 Å². The summed E-state index contributed by atoms with van der Waals surface area (Å²) in [4.78, 5) is 13.0. The Balaban J connectivity index is 2.81. The average Bonchev–Trinajstić information content (AvgIpc) is 2.37. The van der Waals surface area contributed by atoms with Crippen molar-refractivity contribution in [3.05, 3.63) is 35.9 Å². The van der Waals surface area contributed by atoms with Crippen molar-refractivity contribution >= 4 is 5.97 Å². The first-order valence-electron chi connectivity index (χ1n) is 6.61. The van der Waals surface area contributed by atoms with E-state index in [1.807, 2.05) is 42.2 Å². The molecule has 3 unspecified atom stereocenters. The predicted molar refractivity (Wildman–Crippen MR) is 74.9 cm³/mol. The molecule has 0 aliphatic carbocycles. The predicted octanol–water partition coefficient (Wildman–Crippen LogP) is 2.15. The zero-order chi connectivity index (χ0) is 14.4. The normalized spacial score (nSPS) is 16.1. The quantitative estimate of drug-likeness (QED) is 0.793. The molecular formula is C15H23NO3. The molecule has 0 saturated carbocycles. The van der Waals surface area contributed by atoms with Gasteiger partial charge in [-0.3, -0.25) is 9.69 Å². The first-order chi connectivity index (χ1) is 8.91. The van der Waals surface area contributed by atoms with E-state index in [9.17, 15) is 9.90 Å². The average molecular weight is 265 g/mol. The van der Waals surface area contributed by atoms with Crippen LogP contribution in [0.1, 0.15) is 32.4 Å². The second-order valence-electron chi connectivity index (χ2n) is 5.13. The van der Waals surface area contributed by atoms with Gasteiger partial charge in [0.05, 0.1) is 12.0 Å². The van der Waals surface area contributed by atoms with Gasteiger partial charge < -0.3 is 10.2 Å². The van der Waals surface area contributed by atoms with Crippen LogP contribution < -0.4 is 0 Å². The van der Waals surface area contributed by atoms with Gasteiger partial charge in [-0.25, -0.2) is 0 Å². The molecule has 4 heteroatoms. The Morgan fingerprint density at radius 3 is 2.21 bits per heavy atom. The maximum absolute atomic E-state index is 11.0. The largest absolute Gasteiger partial charge is 0.481 e. The lowest BCUT2D eigenvalue weighted by molar-refractivity contribution is -0.142. The number of carbonyl (C=O) groups is 1. The number of nitrogens with zero attached hydrogens (tertiary/aromatic N) is 1. The van der Waals surface area contributed by atoms with E-state index in [2.05, 4.69) is 0 Å². The van der Waals surface area contributed by atoms with E-state index in [4.69, 9.17) is 5.11 Å². The molecule has 2 N–H and O–H groups in total. The van der Waals surface area contributed by atoms with E-state index in [-0.39, 0.29) is 6.04 Å². The molecule has 0 fully saturated rings. The molecule has 0 aromatic heterocycles. The summed E-state index contributed by atoms with van der Waals surface area (Å²) in [7, 11) is 0. The Labute approximate surface area is 114 Å². The van der Waals surface area contributed by atoms with Crippen LogP contribution >= 0.6 is 0 Å². The molecule has 4 nitrogen and oxygen atoms in total. The number of hydrogen-bond donors (Lipinski definition) is 2. The summed E-state index contributed by atoms with van der Waals surface area (Å²) in [5.41, 5.74) is 1.13. The highest BCUT2D eigenvalue weighted by Gasteiger charge is 2.22. The minimum Gasteiger partial charge on any atom is -0.481 e. The van der Waals surface area contributed by atoms with Crippen LogP contribution in [-0.4, -0.2) is 40.3 Å². The number of rotatable bonds is 7. The van der Waals surface area contributed by atoms with Gasteiger partial charge in [-0.15, -0.1) is 0 Å². The number of benzene rings is 1. The molecule has 1 aromatic rings. The fraction of sp³-hybridized carbons (Fsp3) is 0.533. The molecule has 106 valence electrons. The molecule has 0 amide bonds. The monoisotopic (exact) mass is 265 g/mol. The van der Waals surface area contributed by atoms with Crippen molar-refractivity contribution in [3.63, 3.8) is 0 Å². The third kappa shape index (κ3) is 5.01. The van der Waals surface area contributed by atoms with Crippen molar-refractivity contribution in [2.75, 3.05) is 13.1 Å². The molecule has 0 bridgehead atoms. The Kier molecular flexibility index (Phi) is 5.99. The number of carboxylic acid groups (broad SMARTS) is 1. The highest BCUT2D eigenvalue weighted by molar-refractivity contribution is 5.69. The van der Waals surface area contributed by atoms with Crippen molar-refractivity contribution in [2.24, 2.45) is 5.92 Å². The maximum Gasteiger partial charge on any atom is 0.307 e. The third-order valence-electron chi connectivity index (χ3n) is 3.26. The van der Waals surface area contributed by atoms with Gasteiger partial charge in [-0.1, -0.05) is 37.3 Å². The highest BCUT2D eigenvalue weighted by atomic mass is 16.4. The van der Waals surface area contributed by atoms with Crippen molar-refractivity contribution in [3.8, 4) is 0 Å². The minimum absolute atomic E-state index is 0.0811. The summed E-state index contributed by atoms with van der Waals surface area (Å²) in [5.74, 6) is -1.26. The van der Waals surface area contributed by atoms with Gasteiger partial charge in [0.15, 0.2) is 0 Å². The van der Waals surface area contributed by atoms with Gasteiger partial charge in [-0.2, -0.15) is 0 Å². The molecule has 0 aliphatic rings. The lowest BCUT2D eigenvalue weighted by Gasteiger charge is -2.31. The summed E-state index contributed by atoms with van der Waals surface area (Å²) < 4.78 is 0. The molecule has 3 atom stereocenters. The molecule has 19 heavy (non-hydrogen) atoms. The van der Waals surface area contributed by atoms with E-state index < -0.39 is 18.0 Å². The Morgan fingerprint density at radius 2 is 1.74 bits per heavy atom. The standard InChI is InChI=1S/C15H23NO3/c1-11(15(18)19)9-16(10-12(2)17)13(3)14-7-5-4-6-8-14/h4-8,11-13,17H,9-10H2,1-3H3,(H,18,19). The molecule has 0 saturated heterocycles. The van der Waals surface area contributed by atoms with E-state index in [0.29, 0.717) is 13.1 Å². The van der Waals surface area contributed by atoms with Gasteiger partial charge in [0.1, 0.15) is 0 Å². The fourth-order valence-electron chi connectivity index (χ4n) is 2.10. The molecule has 0 radical (unpaired) electrons. The molecule has 1 rings (SSSR count). The lowest BCUT2D eigenvalue weighted by Crippen LogP contribution is -2.38. The molecule has 1 aromatic carbocycles. The molecular weight excluding hydrogens is 242 g/mol. The van der Waals surface area contributed by atoms with Crippen LogP contribution in [0.5, 0.6) is 0 Å². The summed E-state index contributed by atoms with van der Waals surface area (Å²) in [6.45, 7) is 6.33. The van der Waals surface area contributed by atoms with Crippen LogP contribution in [0.2, 0.25) is 0 Å². The van der Waals surface area contributed by atoms with Crippen molar-refractivity contribution in [1.82, 2.24) is 4.90 Å². The number of aliphatic carboxylic acids is 1. The number of aliphatic hydroxyl groups excluding tert-OH is 1. The Hall–Kier alpha value is -1.39. The highest BCUT2D eigenvalue weighted by Crippen LogP contribution is 2.21. The molecule has 0 heterocycles. The zero-order valence-corrected chi connectivity index (χ0v) is 11.8. The SMILES string of the molecule is CC(O)CN(CC(C)C(=O)O)C(C)c1ccccc1. The van der Waals surface area contributed by atoms with E-state index in [1.54, 1.807) is 13.8 Å². The van der Waals surface area contributed by atoms with Crippen LogP contribution in [0.3, 0.4) is 0 Å². The van der Waals surface area contributed by atoms with Gasteiger partial charge in [0.2, 0.25) is 0 Å². The van der Waals surface area contributed by atoms with Crippen LogP contribution in [0, 0.1) is 5.92 Å². The third-order valence-corrected chi connectivity index (χ3v) is 3.26.